The fourth-order valence-electron chi connectivity index (χ4n) is 2.97. The largest absolute Gasteiger partial charge is 0.382 e. The molecule has 3 N–H and O–H groups in total. The van der Waals surface area contributed by atoms with Crippen molar-refractivity contribution < 1.29 is 4.79 Å². The average Bonchev–Trinajstić information content (AvgIpc) is 3.17. The Morgan fingerprint density at radius 3 is 2.38 bits per heavy atom. The lowest BCUT2D eigenvalue weighted by Gasteiger charge is -2.21. The Morgan fingerprint density at radius 1 is 1.17 bits per heavy atom. The molecule has 0 radical (unpaired) electrons. The van der Waals surface area contributed by atoms with Gasteiger partial charge in [0, 0.05) is 18.7 Å². The smallest absolute Gasteiger partial charge is 0.322 e. The molecule has 0 bridgehead atoms. The second kappa shape index (κ2) is 6.19. The van der Waals surface area contributed by atoms with Crippen molar-refractivity contribution >= 4 is 17.5 Å². The van der Waals surface area contributed by atoms with E-state index in [2.05, 4.69) is 10.4 Å². The number of likely N-dealkylation sites (tertiary alicyclic amines) is 1. The van der Waals surface area contributed by atoms with Crippen molar-refractivity contribution in [3.8, 4) is 11.3 Å². The molecule has 0 spiro atoms. The number of nitrogens with two attached hydrogens (primary N) is 1. The first-order valence-electron chi connectivity index (χ1n) is 8.38. The molecule has 3 rings (SSSR count). The number of aromatic nitrogens is 2. The van der Waals surface area contributed by atoms with Crippen molar-refractivity contribution in [1.82, 2.24) is 14.7 Å². The van der Waals surface area contributed by atoms with Crippen molar-refractivity contribution in [3.05, 3.63) is 30.3 Å². The van der Waals surface area contributed by atoms with E-state index in [1.165, 1.54) is 0 Å². The van der Waals surface area contributed by atoms with Gasteiger partial charge in [-0.2, -0.15) is 5.10 Å². The summed E-state index contributed by atoms with van der Waals surface area (Å²) in [6.45, 7) is 7.70. The van der Waals surface area contributed by atoms with E-state index in [1.807, 2.05) is 56.0 Å². The van der Waals surface area contributed by atoms with E-state index in [9.17, 15) is 4.79 Å². The number of hydrogen-bond donors (Lipinski definition) is 2. The Hall–Kier alpha value is -2.50. The molecule has 2 aromatic rings. The zero-order valence-corrected chi connectivity index (χ0v) is 14.5. The molecule has 0 unspecified atom stereocenters. The summed E-state index contributed by atoms with van der Waals surface area (Å²) in [4.78, 5) is 14.4. The van der Waals surface area contributed by atoms with E-state index in [-0.39, 0.29) is 11.6 Å². The third-order valence-electron chi connectivity index (χ3n) is 4.23. The topological polar surface area (TPSA) is 76.2 Å². The number of carbonyl (C=O) groups is 1. The molecule has 1 aromatic heterocycles. The van der Waals surface area contributed by atoms with Crippen LogP contribution in [0.15, 0.2) is 30.3 Å². The van der Waals surface area contributed by atoms with Gasteiger partial charge in [-0.25, -0.2) is 9.48 Å². The first-order chi connectivity index (χ1) is 11.4. The number of rotatable bonds is 2. The van der Waals surface area contributed by atoms with Crippen LogP contribution in [0.3, 0.4) is 0 Å². The number of nitrogens with zero attached hydrogens (tertiary/aromatic N) is 3. The number of hydrogen-bond acceptors (Lipinski definition) is 3. The highest BCUT2D eigenvalue weighted by Crippen LogP contribution is 2.35. The van der Waals surface area contributed by atoms with Crippen LogP contribution in [0.25, 0.3) is 11.3 Å². The number of carbonyl (C=O) groups excluding carboxylic acids is 1. The highest BCUT2D eigenvalue weighted by molar-refractivity contribution is 5.97. The highest BCUT2D eigenvalue weighted by atomic mass is 16.2. The van der Waals surface area contributed by atoms with Crippen LogP contribution in [-0.4, -0.2) is 33.8 Å². The molecule has 1 aliphatic rings. The van der Waals surface area contributed by atoms with E-state index in [0.29, 0.717) is 17.2 Å². The highest BCUT2D eigenvalue weighted by Gasteiger charge is 2.27. The van der Waals surface area contributed by atoms with E-state index in [4.69, 9.17) is 5.73 Å². The second-order valence-corrected chi connectivity index (χ2v) is 7.18. The monoisotopic (exact) mass is 327 g/mol. The molecule has 128 valence electrons. The lowest BCUT2D eigenvalue weighted by molar-refractivity contribution is 0.222. The van der Waals surface area contributed by atoms with Gasteiger partial charge in [0.05, 0.1) is 5.54 Å². The first-order valence-corrected chi connectivity index (χ1v) is 8.38. The Morgan fingerprint density at radius 2 is 1.79 bits per heavy atom. The molecule has 0 saturated carbocycles. The van der Waals surface area contributed by atoms with Gasteiger partial charge in [-0.3, -0.25) is 0 Å². The van der Waals surface area contributed by atoms with E-state index in [0.717, 1.165) is 31.5 Å². The Balaban J connectivity index is 2.02. The maximum atomic E-state index is 12.5. The van der Waals surface area contributed by atoms with Gasteiger partial charge in [-0.15, -0.1) is 0 Å². The minimum Gasteiger partial charge on any atom is -0.382 e. The van der Waals surface area contributed by atoms with Gasteiger partial charge in [-0.05, 0) is 33.6 Å². The van der Waals surface area contributed by atoms with Gasteiger partial charge in [0.15, 0.2) is 0 Å². The minimum absolute atomic E-state index is 0.107. The van der Waals surface area contributed by atoms with Gasteiger partial charge in [-0.1, -0.05) is 30.3 Å². The van der Waals surface area contributed by atoms with E-state index >= 15 is 0 Å². The zero-order valence-electron chi connectivity index (χ0n) is 14.5. The predicted molar refractivity (Wildman–Crippen MR) is 96.9 cm³/mol. The van der Waals surface area contributed by atoms with Crippen LogP contribution < -0.4 is 11.1 Å². The number of anilines is 2. The summed E-state index contributed by atoms with van der Waals surface area (Å²) in [6, 6.07) is 9.70. The molecule has 2 heterocycles. The summed E-state index contributed by atoms with van der Waals surface area (Å²) in [5, 5.41) is 7.68. The summed E-state index contributed by atoms with van der Waals surface area (Å²) in [6.07, 6.45) is 2.10. The molecule has 1 aromatic carbocycles. The first kappa shape index (κ1) is 16.4. The standard InChI is InChI=1S/C18H25N5O/c1-18(2,3)23-16(19)15(20-17(24)22-11-7-8-12-22)14(21-23)13-9-5-4-6-10-13/h4-6,9-10H,7-8,11-12,19H2,1-3H3,(H,20,24). The van der Waals surface area contributed by atoms with Gasteiger partial charge in [0.1, 0.15) is 17.2 Å². The molecule has 2 amide bonds. The number of nitrogen functional groups attached to an aromatic ring is 1. The normalized spacial score (nSPS) is 14.9. The van der Waals surface area contributed by atoms with Crippen molar-refractivity contribution in [1.29, 1.82) is 0 Å². The molecular formula is C18H25N5O. The quantitative estimate of drug-likeness (QED) is 0.886. The van der Waals surface area contributed by atoms with Crippen LogP contribution in [0, 0.1) is 0 Å². The van der Waals surface area contributed by atoms with Crippen LogP contribution >= 0.6 is 0 Å². The van der Waals surface area contributed by atoms with Crippen LogP contribution in [0.2, 0.25) is 0 Å². The summed E-state index contributed by atoms with van der Waals surface area (Å²) in [7, 11) is 0. The number of benzene rings is 1. The average molecular weight is 327 g/mol. The zero-order chi connectivity index (χ0) is 17.3. The molecule has 1 saturated heterocycles. The van der Waals surface area contributed by atoms with Crippen molar-refractivity contribution in [3.63, 3.8) is 0 Å². The maximum Gasteiger partial charge on any atom is 0.322 e. The van der Waals surface area contributed by atoms with Crippen molar-refractivity contribution in [2.45, 2.75) is 39.2 Å². The van der Waals surface area contributed by atoms with Gasteiger partial charge < -0.3 is 16.0 Å². The Labute approximate surface area is 142 Å². The Bertz CT molecular complexity index is 724. The molecular weight excluding hydrogens is 302 g/mol. The van der Waals surface area contributed by atoms with E-state index < -0.39 is 0 Å². The Kier molecular flexibility index (Phi) is 4.22. The molecule has 1 aliphatic heterocycles. The molecule has 24 heavy (non-hydrogen) atoms. The van der Waals surface area contributed by atoms with Gasteiger partial charge in [0.25, 0.3) is 0 Å². The van der Waals surface area contributed by atoms with Crippen molar-refractivity contribution in [2.75, 3.05) is 24.1 Å². The third kappa shape index (κ3) is 3.09. The van der Waals surface area contributed by atoms with Gasteiger partial charge in [0.2, 0.25) is 0 Å². The third-order valence-corrected chi connectivity index (χ3v) is 4.23. The molecule has 0 atom stereocenters. The maximum absolute atomic E-state index is 12.5. The van der Waals surface area contributed by atoms with Gasteiger partial charge >= 0.3 is 6.03 Å². The fraction of sp³-hybridized carbons (Fsp3) is 0.444. The number of amides is 2. The SMILES string of the molecule is CC(C)(C)n1nc(-c2ccccc2)c(NC(=O)N2CCCC2)c1N. The lowest BCUT2D eigenvalue weighted by atomic mass is 10.1. The lowest BCUT2D eigenvalue weighted by Crippen LogP contribution is -2.32. The number of urea groups is 1. The minimum atomic E-state index is -0.274. The van der Waals surface area contributed by atoms with E-state index in [1.54, 1.807) is 4.68 Å². The number of nitrogens with one attached hydrogen (secondary N) is 1. The summed E-state index contributed by atoms with van der Waals surface area (Å²) in [5.41, 5.74) is 8.30. The molecule has 1 fully saturated rings. The second-order valence-electron chi connectivity index (χ2n) is 7.18. The van der Waals surface area contributed by atoms with Crippen LogP contribution in [0.1, 0.15) is 33.6 Å². The summed E-state index contributed by atoms with van der Waals surface area (Å²) in [5.74, 6) is 0.480. The predicted octanol–water partition coefficient (Wildman–Crippen LogP) is 3.52. The van der Waals surface area contributed by atoms with Crippen LogP contribution in [0.5, 0.6) is 0 Å². The fourth-order valence-corrected chi connectivity index (χ4v) is 2.97. The summed E-state index contributed by atoms with van der Waals surface area (Å²) < 4.78 is 1.77. The van der Waals surface area contributed by atoms with Crippen LogP contribution in [-0.2, 0) is 5.54 Å². The molecule has 6 heteroatoms. The molecule has 0 aliphatic carbocycles. The van der Waals surface area contributed by atoms with Crippen molar-refractivity contribution in [2.24, 2.45) is 0 Å². The molecule has 6 nitrogen and oxygen atoms in total. The van der Waals surface area contributed by atoms with Crippen LogP contribution in [0.4, 0.5) is 16.3 Å². The summed E-state index contributed by atoms with van der Waals surface area (Å²) >= 11 is 0.